The first-order valence-corrected chi connectivity index (χ1v) is 23.6. The molecule has 0 bridgehead atoms. The minimum Gasteiger partial charge on any atom is -0.437 e. The Labute approximate surface area is 387 Å². The van der Waals surface area contributed by atoms with Gasteiger partial charge < -0.3 is 40.6 Å². The van der Waals surface area contributed by atoms with Crippen molar-refractivity contribution in [2.75, 3.05) is 27.7 Å². The van der Waals surface area contributed by atoms with Crippen LogP contribution in [0.25, 0.3) is 0 Å². The van der Waals surface area contributed by atoms with Gasteiger partial charge in [0.25, 0.3) is 0 Å². The van der Waals surface area contributed by atoms with Crippen molar-refractivity contribution in [1.82, 2.24) is 25.8 Å². The normalized spacial score (nSPS) is 18.8. The van der Waals surface area contributed by atoms with Crippen LogP contribution in [-0.4, -0.2) is 109 Å². The van der Waals surface area contributed by atoms with Gasteiger partial charge in [0, 0.05) is 19.0 Å². The number of carbonyl (C=O) groups excluding carboxylic acids is 7. The summed E-state index contributed by atoms with van der Waals surface area (Å²) in [6.07, 6.45) is 3.44. The van der Waals surface area contributed by atoms with E-state index in [1.165, 1.54) is 12.1 Å². The van der Waals surface area contributed by atoms with E-state index in [-0.39, 0.29) is 43.5 Å². The van der Waals surface area contributed by atoms with Crippen molar-refractivity contribution in [3.05, 3.63) is 65.7 Å². The zero-order valence-electron chi connectivity index (χ0n) is 39.3. The zero-order valence-corrected chi connectivity index (χ0v) is 40.2. The summed E-state index contributed by atoms with van der Waals surface area (Å²) in [4.78, 5) is 95.2. The first-order chi connectivity index (χ1) is 31.0. The van der Waals surface area contributed by atoms with Crippen LogP contribution >= 0.6 is 7.82 Å². The number of phosphoric ester groups is 1. The number of hydrogen-bond acceptors (Lipinski definition) is 14. The zero-order chi connectivity index (χ0) is 48.8. The summed E-state index contributed by atoms with van der Waals surface area (Å²) in [5.41, 5.74) is 5.18. The molecule has 2 heterocycles. The van der Waals surface area contributed by atoms with Gasteiger partial charge in [-0.05, 0) is 117 Å². The van der Waals surface area contributed by atoms with E-state index in [0.29, 0.717) is 37.7 Å². The van der Waals surface area contributed by atoms with E-state index in [0.717, 1.165) is 12.0 Å². The smallest absolute Gasteiger partial charge is 0.437 e. The summed E-state index contributed by atoms with van der Waals surface area (Å²) in [5, 5.41) is 8.57. The Kier molecular flexibility index (Phi) is 19.3. The van der Waals surface area contributed by atoms with Gasteiger partial charge in [-0.1, -0.05) is 55.3 Å². The van der Waals surface area contributed by atoms with Gasteiger partial charge in [-0.3, -0.25) is 38.5 Å². The monoisotopic (exact) mass is 942 g/mol. The Morgan fingerprint density at radius 1 is 0.803 bits per heavy atom. The van der Waals surface area contributed by atoms with Gasteiger partial charge in [-0.15, -0.1) is 0 Å². The van der Waals surface area contributed by atoms with E-state index in [2.05, 4.69) is 16.0 Å². The average molecular weight is 943 g/mol. The number of phosphoric acid groups is 1. The molecule has 2 fully saturated rings. The largest absolute Gasteiger partial charge is 0.535 e. The van der Waals surface area contributed by atoms with Crippen LogP contribution in [-0.2, 0) is 69.6 Å². The van der Waals surface area contributed by atoms with Crippen molar-refractivity contribution < 1.29 is 61.2 Å². The van der Waals surface area contributed by atoms with Crippen molar-refractivity contribution in [1.29, 1.82) is 0 Å². The molecule has 19 nitrogen and oxygen atoms in total. The molecule has 2 aliphatic rings. The molecule has 2 saturated heterocycles. The summed E-state index contributed by atoms with van der Waals surface area (Å²) >= 11 is 0. The lowest BCUT2D eigenvalue weighted by Gasteiger charge is -2.36. The van der Waals surface area contributed by atoms with Crippen molar-refractivity contribution in [3.63, 3.8) is 0 Å². The first-order valence-electron chi connectivity index (χ1n) is 22.2. The Bertz CT molecular complexity index is 2020. The first kappa shape index (κ1) is 53.3. The van der Waals surface area contributed by atoms with E-state index >= 15 is 0 Å². The molecule has 5 N–H and O–H groups in total. The molecule has 0 saturated carbocycles. The SMILES string of the molecule is CN(C)[C@@H](Cc1ccc(OP(=O)(OCOC(=O)C(C)(C)C)OCOC(=O)C(C)(C)C)cc1)C(=O)N[C@H]1CCCC[C@H]2CC[C@@H](C(=O)N[C@@H](CCC(N)=O)C(=O)NCc3ccccc3)N2C1=O. The number of ether oxygens (including phenoxy) is 2. The molecule has 2 aliphatic heterocycles. The quantitative estimate of drug-likeness (QED) is 0.0776. The minimum absolute atomic E-state index is 0.0251. The van der Waals surface area contributed by atoms with E-state index in [1.54, 1.807) is 77.6 Å². The summed E-state index contributed by atoms with van der Waals surface area (Å²) < 4.78 is 40.0. The van der Waals surface area contributed by atoms with Gasteiger partial charge in [0.1, 0.15) is 23.9 Å². The average Bonchev–Trinajstić information content (AvgIpc) is 3.67. The van der Waals surface area contributed by atoms with E-state index in [4.69, 9.17) is 28.8 Å². The lowest BCUT2D eigenvalue weighted by molar-refractivity contribution is -0.163. The van der Waals surface area contributed by atoms with Gasteiger partial charge >= 0.3 is 19.8 Å². The second-order valence-corrected chi connectivity index (χ2v) is 20.4. The maximum absolute atomic E-state index is 14.4. The molecule has 66 heavy (non-hydrogen) atoms. The highest BCUT2D eigenvalue weighted by atomic mass is 31.2. The van der Waals surface area contributed by atoms with Crippen LogP contribution in [0.4, 0.5) is 0 Å². The molecule has 0 radical (unpaired) electrons. The van der Waals surface area contributed by atoms with Crippen LogP contribution in [0.15, 0.2) is 54.6 Å². The molecule has 0 aliphatic carbocycles. The van der Waals surface area contributed by atoms with Crippen LogP contribution < -0.4 is 26.2 Å². The minimum atomic E-state index is -4.54. The number of nitrogens with two attached hydrogens (primary N) is 1. The molecular formula is C46H67N6O13P. The number of nitrogens with zero attached hydrogens (tertiary/aromatic N) is 2. The van der Waals surface area contributed by atoms with Crippen molar-refractivity contribution in [3.8, 4) is 5.75 Å². The molecule has 364 valence electrons. The lowest BCUT2D eigenvalue weighted by atomic mass is 9.98. The molecule has 5 atom stereocenters. The fraction of sp³-hybridized carbons (Fsp3) is 0.587. The molecule has 0 unspecified atom stereocenters. The molecule has 20 heteroatoms. The second kappa shape index (κ2) is 23.9. The van der Waals surface area contributed by atoms with E-state index in [1.807, 2.05) is 30.3 Å². The number of hydrogen-bond donors (Lipinski definition) is 4. The van der Waals surface area contributed by atoms with Gasteiger partial charge in [-0.2, -0.15) is 0 Å². The number of esters is 2. The predicted molar refractivity (Wildman–Crippen MR) is 242 cm³/mol. The Balaban J connectivity index is 1.43. The second-order valence-electron chi connectivity index (χ2n) is 18.8. The van der Waals surface area contributed by atoms with Gasteiger partial charge in [0.2, 0.25) is 43.1 Å². The fourth-order valence-corrected chi connectivity index (χ4v) is 8.21. The molecule has 0 spiro atoms. The summed E-state index contributed by atoms with van der Waals surface area (Å²) in [6, 6.07) is 11.6. The highest BCUT2D eigenvalue weighted by Crippen LogP contribution is 2.49. The molecule has 5 amide bonds. The molecule has 2 aromatic carbocycles. The third-order valence-electron chi connectivity index (χ3n) is 11.1. The maximum atomic E-state index is 14.4. The van der Waals surface area contributed by atoms with Crippen LogP contribution in [0.1, 0.15) is 104 Å². The number of rotatable bonds is 21. The van der Waals surface area contributed by atoms with Crippen molar-refractivity contribution >= 4 is 49.3 Å². The summed E-state index contributed by atoms with van der Waals surface area (Å²) in [7, 11) is -1.08. The number of benzene rings is 2. The predicted octanol–water partition coefficient (Wildman–Crippen LogP) is 4.26. The fourth-order valence-electron chi connectivity index (χ4n) is 7.28. The number of nitrogens with one attached hydrogen (secondary N) is 3. The van der Waals surface area contributed by atoms with Gasteiger partial charge in [0.05, 0.1) is 16.9 Å². The number of likely N-dealkylation sites (N-methyl/N-ethyl adjacent to an activating group) is 1. The third-order valence-corrected chi connectivity index (χ3v) is 12.4. The van der Waals surface area contributed by atoms with Gasteiger partial charge in [0.15, 0.2) is 0 Å². The summed E-state index contributed by atoms with van der Waals surface area (Å²) in [5.74, 6) is -3.67. The lowest BCUT2D eigenvalue weighted by Crippen LogP contribution is -2.59. The number of amides is 5. The molecular weight excluding hydrogens is 876 g/mol. The highest BCUT2D eigenvalue weighted by molar-refractivity contribution is 7.48. The number of fused-ring (bicyclic) bond motifs is 1. The Morgan fingerprint density at radius 3 is 1.95 bits per heavy atom. The van der Waals surface area contributed by atoms with Crippen LogP contribution in [0.5, 0.6) is 5.75 Å². The van der Waals surface area contributed by atoms with Crippen molar-refractivity contribution in [2.24, 2.45) is 16.6 Å². The number of carbonyl (C=O) groups is 7. The van der Waals surface area contributed by atoms with Crippen LogP contribution in [0.3, 0.4) is 0 Å². The topological polar surface area (TPSA) is 251 Å². The van der Waals surface area contributed by atoms with Crippen LogP contribution in [0, 0.1) is 10.8 Å². The van der Waals surface area contributed by atoms with Crippen LogP contribution in [0.2, 0.25) is 0 Å². The summed E-state index contributed by atoms with van der Waals surface area (Å²) in [6.45, 7) is 8.43. The standard InChI is InChI=1S/C46H67N6O13P/c1-45(2,3)43(58)61-28-63-66(60,64-29-62-44(59)46(4,5)6)65-33-21-18-30(19-22-33)26-37(51(7)8)41(56)50-35-17-13-12-16-32-20-24-36(52(32)42(35)57)40(55)49-34(23-25-38(47)53)39(54)48-27-31-14-10-9-11-15-31/h9-11,14-15,18-19,21-22,32,34-37H,12-13,16-17,20,23-29H2,1-8H3,(H2,47,53)(H,48,54)(H,49,55)(H,50,56)/t32-,34-,35-,36-,37-/m0/s1. The highest BCUT2D eigenvalue weighted by Gasteiger charge is 2.45. The Morgan fingerprint density at radius 2 is 1.39 bits per heavy atom. The maximum Gasteiger partial charge on any atom is 0.535 e. The molecule has 2 aromatic rings. The van der Waals surface area contributed by atoms with E-state index in [9.17, 15) is 38.1 Å². The van der Waals surface area contributed by atoms with Gasteiger partial charge in [-0.25, -0.2) is 13.6 Å². The molecule has 0 aromatic heterocycles. The number of primary amides is 1. The Hall–Kier alpha value is -5.36. The molecule has 4 rings (SSSR count). The van der Waals surface area contributed by atoms with Crippen molar-refractivity contribution in [2.45, 2.75) is 136 Å². The van der Waals surface area contributed by atoms with E-state index < -0.39 is 92.0 Å². The third kappa shape index (κ3) is 16.2.